The Morgan fingerprint density at radius 2 is 2.21 bits per heavy atom. The number of aliphatic imine (C=N–C) groups is 2. The Hall–Kier alpha value is -2.61. The second-order valence-electron chi connectivity index (χ2n) is 7.94. The van der Waals surface area contributed by atoms with Gasteiger partial charge in [-0.2, -0.15) is 5.10 Å². The van der Waals surface area contributed by atoms with E-state index in [1.807, 2.05) is 11.4 Å². The zero-order chi connectivity index (χ0) is 19.8. The molecular weight excluding hydrogens is 387 g/mol. The van der Waals surface area contributed by atoms with Gasteiger partial charge in [0.15, 0.2) is 11.5 Å². The van der Waals surface area contributed by atoms with Crippen LogP contribution < -0.4 is 5.32 Å². The monoisotopic (exact) mass is 410 g/mol. The number of hydrogen-bond acceptors (Lipinski definition) is 5. The minimum Gasteiger partial charge on any atom is -0.371 e. The van der Waals surface area contributed by atoms with Crippen LogP contribution in [0, 0.1) is 17.7 Å². The van der Waals surface area contributed by atoms with Gasteiger partial charge in [-0.3, -0.25) is 10.1 Å². The molecule has 3 aromatic heterocycles. The first-order chi connectivity index (χ1) is 14.2. The SMILES string of the molecule is C=NC(=NC1CC2CCC1CC2)c1ccsc1NCc1[nH]nc2ncc(F)cc12. The van der Waals surface area contributed by atoms with Crippen molar-refractivity contribution in [1.29, 1.82) is 0 Å². The Morgan fingerprint density at radius 3 is 2.97 bits per heavy atom. The minimum atomic E-state index is -0.371. The van der Waals surface area contributed by atoms with E-state index in [0.717, 1.165) is 22.2 Å². The molecule has 1 atom stereocenters. The fraction of sp³-hybridized carbons (Fsp3) is 0.429. The van der Waals surface area contributed by atoms with Crippen molar-refractivity contribution in [2.75, 3.05) is 5.32 Å². The van der Waals surface area contributed by atoms with Crippen LogP contribution in [0.5, 0.6) is 0 Å². The number of pyridine rings is 1. The largest absolute Gasteiger partial charge is 0.371 e. The summed E-state index contributed by atoms with van der Waals surface area (Å²) in [6.07, 6.45) is 7.63. The lowest BCUT2D eigenvalue weighted by molar-refractivity contribution is 0.148. The highest BCUT2D eigenvalue weighted by Gasteiger charge is 2.35. The third kappa shape index (κ3) is 3.57. The number of amidine groups is 1. The van der Waals surface area contributed by atoms with Gasteiger partial charge in [0, 0.05) is 5.39 Å². The molecule has 0 amide bonds. The van der Waals surface area contributed by atoms with E-state index in [1.54, 1.807) is 11.3 Å². The van der Waals surface area contributed by atoms with Crippen molar-refractivity contribution in [3.8, 4) is 0 Å². The molecule has 6 rings (SSSR count). The quantitative estimate of drug-likeness (QED) is 0.469. The first kappa shape index (κ1) is 18.4. The summed E-state index contributed by atoms with van der Waals surface area (Å²) < 4.78 is 13.6. The molecule has 0 aromatic carbocycles. The summed E-state index contributed by atoms with van der Waals surface area (Å²) in [5.74, 6) is 1.85. The summed E-state index contributed by atoms with van der Waals surface area (Å²) in [5, 5.41) is 14.2. The summed E-state index contributed by atoms with van der Waals surface area (Å²) in [5.41, 5.74) is 2.28. The summed E-state index contributed by atoms with van der Waals surface area (Å²) in [7, 11) is 0. The molecule has 0 aliphatic heterocycles. The number of aromatic amines is 1. The third-order valence-electron chi connectivity index (χ3n) is 6.24. The standard InChI is InChI=1S/C21H23FN6S/c1-23-19(26-17-8-12-2-4-13(17)5-3-12)15-6-7-29-21(15)25-11-18-16-9-14(22)10-24-20(16)28-27-18/h6-7,9-10,12-13,17,25H,1-5,8,11H2,(H,24,27,28). The van der Waals surface area contributed by atoms with Gasteiger partial charge in [-0.1, -0.05) is 12.8 Å². The smallest absolute Gasteiger partial charge is 0.181 e. The highest BCUT2D eigenvalue weighted by molar-refractivity contribution is 7.14. The van der Waals surface area contributed by atoms with Crippen molar-refractivity contribution in [2.24, 2.45) is 21.8 Å². The van der Waals surface area contributed by atoms with Crippen molar-refractivity contribution >= 4 is 39.9 Å². The van der Waals surface area contributed by atoms with Crippen molar-refractivity contribution in [1.82, 2.24) is 15.2 Å². The fourth-order valence-corrected chi connectivity index (χ4v) is 5.48. The Kier molecular flexibility index (Phi) is 4.87. The molecule has 0 radical (unpaired) electrons. The van der Waals surface area contributed by atoms with Crippen LogP contribution in [0.1, 0.15) is 43.4 Å². The number of thiophene rings is 1. The first-order valence-corrected chi connectivity index (χ1v) is 10.9. The molecule has 0 saturated heterocycles. The molecule has 3 aliphatic carbocycles. The number of nitrogens with zero attached hydrogens (tertiary/aromatic N) is 4. The van der Waals surface area contributed by atoms with Gasteiger partial charge in [0.05, 0.1) is 35.0 Å². The number of anilines is 1. The number of rotatable bonds is 5. The number of H-pyrrole nitrogens is 1. The van der Waals surface area contributed by atoms with Gasteiger partial charge in [0.2, 0.25) is 0 Å². The van der Waals surface area contributed by atoms with Gasteiger partial charge in [-0.25, -0.2) is 14.4 Å². The van der Waals surface area contributed by atoms with E-state index in [-0.39, 0.29) is 5.82 Å². The highest BCUT2D eigenvalue weighted by atomic mass is 32.1. The molecule has 29 heavy (non-hydrogen) atoms. The number of aromatic nitrogens is 3. The van der Waals surface area contributed by atoms with E-state index >= 15 is 0 Å². The maximum Gasteiger partial charge on any atom is 0.181 e. The molecule has 2 N–H and O–H groups in total. The van der Waals surface area contributed by atoms with Gasteiger partial charge in [-0.05, 0) is 55.3 Å². The average molecular weight is 411 g/mol. The van der Waals surface area contributed by atoms with E-state index in [2.05, 4.69) is 32.2 Å². The Labute approximate surface area is 172 Å². The molecule has 2 bridgehead atoms. The maximum absolute atomic E-state index is 13.6. The normalized spacial score (nSPS) is 24.2. The second-order valence-corrected chi connectivity index (χ2v) is 8.85. The molecule has 3 saturated carbocycles. The van der Waals surface area contributed by atoms with E-state index in [4.69, 9.17) is 4.99 Å². The molecule has 6 nitrogen and oxygen atoms in total. The number of fused-ring (bicyclic) bond motifs is 4. The van der Waals surface area contributed by atoms with Crippen molar-refractivity contribution in [3.63, 3.8) is 0 Å². The summed E-state index contributed by atoms with van der Waals surface area (Å²) in [6.45, 7) is 4.26. The lowest BCUT2D eigenvalue weighted by Crippen LogP contribution is -2.34. The zero-order valence-corrected chi connectivity index (χ0v) is 16.9. The molecule has 1 unspecified atom stereocenters. The van der Waals surface area contributed by atoms with Crippen LogP contribution in [0.2, 0.25) is 0 Å². The summed E-state index contributed by atoms with van der Waals surface area (Å²) >= 11 is 1.60. The van der Waals surface area contributed by atoms with Gasteiger partial charge in [0.1, 0.15) is 5.82 Å². The van der Waals surface area contributed by atoms with Crippen LogP contribution in [0.15, 0.2) is 33.7 Å². The predicted octanol–water partition coefficient (Wildman–Crippen LogP) is 4.80. The van der Waals surface area contributed by atoms with E-state index in [9.17, 15) is 4.39 Å². The molecule has 150 valence electrons. The van der Waals surface area contributed by atoms with Crippen molar-refractivity contribution < 1.29 is 4.39 Å². The zero-order valence-electron chi connectivity index (χ0n) is 16.1. The van der Waals surface area contributed by atoms with Gasteiger partial charge in [0.25, 0.3) is 0 Å². The molecule has 3 heterocycles. The molecule has 3 fully saturated rings. The Bertz CT molecular complexity index is 1060. The number of hydrogen-bond donors (Lipinski definition) is 2. The maximum atomic E-state index is 13.6. The lowest BCUT2D eigenvalue weighted by atomic mass is 9.68. The van der Waals surface area contributed by atoms with Crippen LogP contribution in [-0.4, -0.2) is 33.8 Å². The second kappa shape index (κ2) is 7.67. The van der Waals surface area contributed by atoms with E-state index in [1.165, 1.54) is 44.4 Å². The van der Waals surface area contributed by atoms with Crippen molar-refractivity contribution in [2.45, 2.75) is 44.7 Å². The first-order valence-electron chi connectivity index (χ1n) is 10.1. The minimum absolute atomic E-state index is 0.362. The lowest BCUT2D eigenvalue weighted by Gasteiger charge is -2.40. The third-order valence-corrected chi connectivity index (χ3v) is 7.11. The summed E-state index contributed by atoms with van der Waals surface area (Å²) in [4.78, 5) is 13.3. The van der Waals surface area contributed by atoms with Gasteiger partial charge >= 0.3 is 0 Å². The average Bonchev–Trinajstić information content (AvgIpc) is 3.38. The molecular formula is C21H23FN6S. The molecule has 8 heteroatoms. The number of halogens is 1. The van der Waals surface area contributed by atoms with Crippen LogP contribution in [0.4, 0.5) is 9.39 Å². The summed E-state index contributed by atoms with van der Waals surface area (Å²) in [6, 6.07) is 3.85. The topological polar surface area (TPSA) is 78.3 Å². The van der Waals surface area contributed by atoms with E-state index in [0.29, 0.717) is 35.4 Å². The van der Waals surface area contributed by atoms with E-state index < -0.39 is 0 Å². The molecule has 3 aliphatic rings. The Morgan fingerprint density at radius 1 is 1.34 bits per heavy atom. The highest BCUT2D eigenvalue weighted by Crippen LogP contribution is 2.43. The molecule has 3 aromatic rings. The fourth-order valence-electron chi connectivity index (χ4n) is 4.70. The van der Waals surface area contributed by atoms with Gasteiger partial charge < -0.3 is 5.32 Å². The molecule has 0 spiro atoms. The van der Waals surface area contributed by atoms with Crippen LogP contribution in [0.25, 0.3) is 11.0 Å². The van der Waals surface area contributed by atoms with Crippen LogP contribution in [-0.2, 0) is 6.54 Å². The number of nitrogens with one attached hydrogen (secondary N) is 2. The van der Waals surface area contributed by atoms with Crippen LogP contribution in [0.3, 0.4) is 0 Å². The predicted molar refractivity (Wildman–Crippen MR) is 115 cm³/mol. The van der Waals surface area contributed by atoms with Gasteiger partial charge in [-0.15, -0.1) is 11.3 Å². The van der Waals surface area contributed by atoms with Crippen molar-refractivity contribution in [3.05, 3.63) is 40.8 Å². The Balaban J connectivity index is 1.36. The van der Waals surface area contributed by atoms with Crippen LogP contribution >= 0.6 is 11.3 Å².